The smallest absolute Gasteiger partial charge is 0.219 e. The number of nitrogens with two attached hydrogens (primary N) is 2. The van der Waals surface area contributed by atoms with Crippen LogP contribution in [0.2, 0.25) is 5.02 Å². The first-order valence-electron chi connectivity index (χ1n) is 4.81. The summed E-state index contributed by atoms with van der Waals surface area (Å²) < 4.78 is 0. The molecule has 5 N–H and O–H groups in total. The van der Waals surface area contributed by atoms with Crippen molar-refractivity contribution in [3.05, 3.63) is 35.6 Å². The lowest BCUT2D eigenvalue weighted by atomic mass is 10.1. The fourth-order valence-electron chi connectivity index (χ4n) is 1.18. The zero-order valence-electron chi connectivity index (χ0n) is 9.26. The Balaban J connectivity index is 0.000000686. The molecule has 5 nitrogen and oxygen atoms in total. The molecule has 0 bridgehead atoms. The van der Waals surface area contributed by atoms with E-state index in [9.17, 15) is 5.11 Å². The average Bonchev–Trinajstić information content (AvgIpc) is 2.36. The molecule has 0 spiro atoms. The molecule has 0 saturated carbocycles. The first-order valence-corrected chi connectivity index (χ1v) is 5.19. The molecule has 1 aromatic heterocycles. The van der Waals surface area contributed by atoms with Gasteiger partial charge in [-0.15, -0.1) is 0 Å². The Hall–Kier alpha value is -1.85. The van der Waals surface area contributed by atoms with E-state index in [1.807, 2.05) is 0 Å². The Morgan fingerprint density at radius 3 is 2.24 bits per heavy atom. The van der Waals surface area contributed by atoms with Crippen molar-refractivity contribution >= 4 is 17.5 Å². The molecule has 2 rings (SSSR count). The Bertz CT molecular complexity index is 487. The van der Waals surface area contributed by atoms with E-state index in [0.29, 0.717) is 5.02 Å². The molecule has 0 unspecified atom stereocenters. The lowest BCUT2D eigenvalue weighted by Gasteiger charge is -2.02. The second kappa shape index (κ2) is 6.03. The van der Waals surface area contributed by atoms with Crippen molar-refractivity contribution < 1.29 is 5.11 Å². The minimum absolute atomic E-state index is 0.0333. The predicted octanol–water partition coefficient (Wildman–Crippen LogP) is 1.66. The zero-order chi connectivity index (χ0) is 12.8. The Morgan fingerprint density at radius 2 is 1.71 bits per heavy atom. The van der Waals surface area contributed by atoms with Crippen LogP contribution in [0, 0.1) is 0 Å². The Kier molecular flexibility index (Phi) is 4.68. The number of benzene rings is 1. The van der Waals surface area contributed by atoms with Crippen molar-refractivity contribution in [3.63, 3.8) is 0 Å². The van der Waals surface area contributed by atoms with Gasteiger partial charge >= 0.3 is 0 Å². The van der Waals surface area contributed by atoms with Gasteiger partial charge in [-0.05, 0) is 24.7 Å². The Labute approximate surface area is 104 Å². The molecular formula is C11H13ClN4O. The molecule has 2 aromatic rings. The molecule has 0 amide bonds. The molecule has 1 heterocycles. The fraction of sp³-hybridized carbons (Fsp3) is 0.0909. The molecule has 17 heavy (non-hydrogen) atoms. The number of halogens is 1. The van der Waals surface area contributed by atoms with Gasteiger partial charge in [0.1, 0.15) is 5.75 Å². The highest BCUT2D eigenvalue weighted by Gasteiger charge is 2.03. The van der Waals surface area contributed by atoms with E-state index < -0.39 is 0 Å². The lowest BCUT2D eigenvalue weighted by molar-refractivity contribution is 0.476. The number of rotatable bonds is 1. The second-order valence-electron chi connectivity index (χ2n) is 3.00. The van der Waals surface area contributed by atoms with E-state index in [0.717, 1.165) is 11.1 Å². The monoisotopic (exact) mass is 252 g/mol. The highest BCUT2D eigenvalue weighted by molar-refractivity contribution is 6.32. The fourth-order valence-corrected chi connectivity index (χ4v) is 1.30. The first kappa shape index (κ1) is 13.2. The summed E-state index contributed by atoms with van der Waals surface area (Å²) in [5, 5.41) is 9.73. The quantitative estimate of drug-likeness (QED) is 0.717. The van der Waals surface area contributed by atoms with Crippen LogP contribution >= 0.6 is 11.6 Å². The lowest BCUT2D eigenvalue weighted by Crippen LogP contribution is -1.93. The summed E-state index contributed by atoms with van der Waals surface area (Å²) >= 11 is 5.69. The van der Waals surface area contributed by atoms with Crippen molar-refractivity contribution in [1.29, 1.82) is 0 Å². The summed E-state index contributed by atoms with van der Waals surface area (Å²) in [6.45, 7) is 0. The van der Waals surface area contributed by atoms with Crippen LogP contribution in [0.5, 0.6) is 5.75 Å². The van der Waals surface area contributed by atoms with Gasteiger partial charge in [-0.2, -0.15) is 0 Å². The standard InChI is InChI=1S/C10H8ClN3O.CH5N/c11-8-2-1-6(3-9(8)15)7-4-13-10(12)14-5-7;1-2/h1-5,15H,(H2,12,13,14);2H2,1H3. The molecule has 0 saturated heterocycles. The van der Waals surface area contributed by atoms with E-state index >= 15 is 0 Å². The van der Waals surface area contributed by atoms with Crippen LogP contribution in [0.1, 0.15) is 0 Å². The Morgan fingerprint density at radius 1 is 1.12 bits per heavy atom. The summed E-state index contributed by atoms with van der Waals surface area (Å²) in [4.78, 5) is 7.72. The molecule has 0 aliphatic heterocycles. The third-order valence-electron chi connectivity index (χ3n) is 1.95. The van der Waals surface area contributed by atoms with Crippen molar-refractivity contribution in [1.82, 2.24) is 9.97 Å². The normalized spacial score (nSPS) is 9.35. The van der Waals surface area contributed by atoms with Crippen LogP contribution in [0.25, 0.3) is 11.1 Å². The van der Waals surface area contributed by atoms with Gasteiger partial charge in [-0.3, -0.25) is 0 Å². The maximum absolute atomic E-state index is 9.42. The molecule has 90 valence electrons. The number of hydrogen-bond donors (Lipinski definition) is 3. The predicted molar refractivity (Wildman–Crippen MR) is 68.7 cm³/mol. The van der Waals surface area contributed by atoms with Gasteiger partial charge in [0.15, 0.2) is 0 Å². The van der Waals surface area contributed by atoms with Gasteiger partial charge in [-0.1, -0.05) is 17.7 Å². The van der Waals surface area contributed by atoms with Gasteiger partial charge in [0.25, 0.3) is 0 Å². The summed E-state index contributed by atoms with van der Waals surface area (Å²) in [5.41, 5.74) is 11.4. The van der Waals surface area contributed by atoms with Crippen LogP contribution in [0.15, 0.2) is 30.6 Å². The number of anilines is 1. The maximum Gasteiger partial charge on any atom is 0.219 e. The van der Waals surface area contributed by atoms with E-state index in [1.54, 1.807) is 30.6 Å². The molecule has 1 aromatic carbocycles. The van der Waals surface area contributed by atoms with Gasteiger partial charge in [-0.25, -0.2) is 9.97 Å². The number of phenolic OH excluding ortho intramolecular Hbond substituents is 1. The zero-order valence-corrected chi connectivity index (χ0v) is 10.0. The maximum atomic E-state index is 9.42. The third-order valence-corrected chi connectivity index (χ3v) is 2.27. The number of aromatic nitrogens is 2. The van der Waals surface area contributed by atoms with Crippen LogP contribution in [-0.2, 0) is 0 Å². The van der Waals surface area contributed by atoms with Crippen molar-refractivity contribution in [2.45, 2.75) is 0 Å². The number of hydrogen-bond acceptors (Lipinski definition) is 5. The number of phenols is 1. The third kappa shape index (κ3) is 3.30. The highest BCUT2D eigenvalue weighted by atomic mass is 35.5. The van der Waals surface area contributed by atoms with Gasteiger partial charge in [0.2, 0.25) is 5.95 Å². The summed E-state index contributed by atoms with van der Waals surface area (Å²) in [6.07, 6.45) is 3.18. The number of aromatic hydroxyl groups is 1. The van der Waals surface area contributed by atoms with Crippen LogP contribution < -0.4 is 11.5 Å². The van der Waals surface area contributed by atoms with Crippen LogP contribution in [-0.4, -0.2) is 22.1 Å². The molecule has 0 aliphatic rings. The van der Waals surface area contributed by atoms with Crippen molar-refractivity contribution in [2.24, 2.45) is 5.73 Å². The summed E-state index contributed by atoms with van der Waals surface area (Å²) in [6, 6.07) is 4.94. The molecule has 0 aliphatic carbocycles. The van der Waals surface area contributed by atoms with E-state index in [-0.39, 0.29) is 11.7 Å². The van der Waals surface area contributed by atoms with Crippen molar-refractivity contribution in [2.75, 3.05) is 12.8 Å². The van der Waals surface area contributed by atoms with E-state index in [4.69, 9.17) is 17.3 Å². The number of nitrogens with zero attached hydrogens (tertiary/aromatic N) is 2. The summed E-state index contributed by atoms with van der Waals surface area (Å²) in [5.74, 6) is 0.253. The van der Waals surface area contributed by atoms with Crippen LogP contribution in [0.4, 0.5) is 5.95 Å². The molecule has 0 atom stereocenters. The molecule has 0 radical (unpaired) electrons. The molecule has 6 heteroatoms. The van der Waals surface area contributed by atoms with E-state index in [1.165, 1.54) is 7.05 Å². The largest absolute Gasteiger partial charge is 0.506 e. The summed E-state index contributed by atoms with van der Waals surface area (Å²) in [7, 11) is 1.50. The van der Waals surface area contributed by atoms with Gasteiger partial charge in [0.05, 0.1) is 5.02 Å². The average molecular weight is 253 g/mol. The van der Waals surface area contributed by atoms with Gasteiger partial charge in [0, 0.05) is 18.0 Å². The second-order valence-corrected chi connectivity index (χ2v) is 3.40. The van der Waals surface area contributed by atoms with Crippen molar-refractivity contribution in [3.8, 4) is 16.9 Å². The topological polar surface area (TPSA) is 98.1 Å². The minimum atomic E-state index is 0.0333. The van der Waals surface area contributed by atoms with Gasteiger partial charge < -0.3 is 16.6 Å². The number of nitrogen functional groups attached to an aromatic ring is 1. The minimum Gasteiger partial charge on any atom is -0.506 e. The first-order chi connectivity index (χ1) is 8.16. The molecular weight excluding hydrogens is 240 g/mol. The SMILES string of the molecule is CN.Nc1ncc(-c2ccc(Cl)c(O)c2)cn1. The van der Waals surface area contributed by atoms with E-state index in [2.05, 4.69) is 15.7 Å². The van der Waals surface area contributed by atoms with Crippen LogP contribution in [0.3, 0.4) is 0 Å². The molecule has 0 fully saturated rings. The highest BCUT2D eigenvalue weighted by Crippen LogP contribution is 2.28.